The molecule has 0 radical (unpaired) electrons. The zero-order valence-corrected chi connectivity index (χ0v) is 16.6. The lowest BCUT2D eigenvalue weighted by Gasteiger charge is -2.26. The Labute approximate surface area is 173 Å². The van der Waals surface area contributed by atoms with Crippen LogP contribution in [0.15, 0.2) is 23.3 Å². The molecule has 2 saturated heterocycles. The number of carbonyl (C=O) groups excluding carboxylic acids is 1. The van der Waals surface area contributed by atoms with E-state index in [1.54, 1.807) is 12.6 Å². The van der Waals surface area contributed by atoms with Gasteiger partial charge >= 0.3 is 12.1 Å². The standard InChI is InChI=1S/C15H17N5O2S.C2HF3O2/c1-22-14-6-13(16-8-17-14)19-4-2-12-11(19)3-5-20(12)15(21)10-7-23-9-18-10;3-2(4,5)1(6)7/h6-9,11-12H,2-5H2,1H3;(H,6,7)/t11-,12+;/m0./s1. The second-order valence-electron chi connectivity index (χ2n) is 6.50. The van der Waals surface area contributed by atoms with Gasteiger partial charge in [-0.15, -0.1) is 11.3 Å². The highest BCUT2D eigenvalue weighted by atomic mass is 32.1. The summed E-state index contributed by atoms with van der Waals surface area (Å²) in [5.74, 6) is -1.28. The molecule has 0 unspecified atom stereocenters. The summed E-state index contributed by atoms with van der Waals surface area (Å²) in [6.45, 7) is 1.65. The average molecular weight is 445 g/mol. The molecule has 2 fully saturated rings. The minimum absolute atomic E-state index is 0.0425. The molecule has 0 saturated carbocycles. The van der Waals surface area contributed by atoms with Gasteiger partial charge in [0.1, 0.15) is 17.8 Å². The smallest absolute Gasteiger partial charge is 0.481 e. The van der Waals surface area contributed by atoms with Crippen molar-refractivity contribution < 1.29 is 32.6 Å². The molecule has 30 heavy (non-hydrogen) atoms. The van der Waals surface area contributed by atoms with Gasteiger partial charge in [0, 0.05) is 24.5 Å². The van der Waals surface area contributed by atoms with Gasteiger partial charge in [0.15, 0.2) is 0 Å². The summed E-state index contributed by atoms with van der Waals surface area (Å²) in [6, 6.07) is 2.38. The highest BCUT2D eigenvalue weighted by Gasteiger charge is 2.45. The number of likely N-dealkylation sites (tertiary alicyclic amines) is 1. The van der Waals surface area contributed by atoms with Gasteiger partial charge in [-0.05, 0) is 12.8 Å². The van der Waals surface area contributed by atoms with E-state index in [0.717, 1.165) is 31.7 Å². The van der Waals surface area contributed by atoms with E-state index in [2.05, 4.69) is 19.9 Å². The summed E-state index contributed by atoms with van der Waals surface area (Å²) in [4.78, 5) is 38.3. The van der Waals surface area contributed by atoms with Crippen LogP contribution < -0.4 is 9.64 Å². The molecule has 2 aromatic rings. The van der Waals surface area contributed by atoms with E-state index in [1.165, 1.54) is 17.7 Å². The van der Waals surface area contributed by atoms with Gasteiger partial charge in [-0.3, -0.25) is 4.79 Å². The second kappa shape index (κ2) is 8.81. The van der Waals surface area contributed by atoms with Crippen molar-refractivity contribution in [2.45, 2.75) is 31.1 Å². The average Bonchev–Trinajstić information content (AvgIpc) is 3.44. The molecular formula is C17H18F3N5O4S. The van der Waals surface area contributed by atoms with Crippen molar-refractivity contribution in [3.8, 4) is 5.88 Å². The molecule has 0 aliphatic carbocycles. The molecule has 4 rings (SSSR count). The number of rotatable bonds is 3. The monoisotopic (exact) mass is 445 g/mol. The van der Waals surface area contributed by atoms with E-state index in [4.69, 9.17) is 14.6 Å². The summed E-state index contributed by atoms with van der Waals surface area (Å²) < 4.78 is 36.9. The quantitative estimate of drug-likeness (QED) is 0.765. The number of halogens is 3. The molecule has 2 aromatic heterocycles. The molecule has 162 valence electrons. The van der Waals surface area contributed by atoms with Gasteiger partial charge in [-0.1, -0.05) is 0 Å². The zero-order chi connectivity index (χ0) is 21.9. The van der Waals surface area contributed by atoms with Gasteiger partial charge in [-0.25, -0.2) is 19.7 Å². The number of aliphatic carboxylic acids is 1. The maximum Gasteiger partial charge on any atom is 0.490 e. The van der Waals surface area contributed by atoms with Crippen molar-refractivity contribution in [2.24, 2.45) is 0 Å². The Balaban J connectivity index is 0.000000318. The number of alkyl halides is 3. The summed E-state index contributed by atoms with van der Waals surface area (Å²) in [5, 5.41) is 8.94. The van der Waals surface area contributed by atoms with Crippen molar-refractivity contribution in [3.63, 3.8) is 0 Å². The van der Waals surface area contributed by atoms with E-state index in [9.17, 15) is 18.0 Å². The van der Waals surface area contributed by atoms with Crippen molar-refractivity contribution in [3.05, 3.63) is 29.0 Å². The first kappa shape index (κ1) is 21.7. The first-order valence-electron chi connectivity index (χ1n) is 8.84. The molecular weight excluding hydrogens is 427 g/mol. The fourth-order valence-corrected chi connectivity index (χ4v) is 4.11. The van der Waals surface area contributed by atoms with Crippen molar-refractivity contribution in [1.29, 1.82) is 0 Å². The number of nitrogens with zero attached hydrogens (tertiary/aromatic N) is 5. The summed E-state index contributed by atoms with van der Waals surface area (Å²) in [7, 11) is 1.60. The SMILES string of the molecule is COc1cc(N2CC[C@@H]3[C@@H]2CCN3C(=O)c2cscn2)ncn1.O=C(O)C(F)(F)F. The lowest BCUT2D eigenvalue weighted by atomic mass is 10.1. The second-order valence-corrected chi connectivity index (χ2v) is 7.22. The van der Waals surface area contributed by atoms with Crippen LogP contribution in [-0.4, -0.2) is 75.3 Å². The van der Waals surface area contributed by atoms with Gasteiger partial charge in [0.05, 0.1) is 24.7 Å². The van der Waals surface area contributed by atoms with Crippen LogP contribution >= 0.6 is 11.3 Å². The van der Waals surface area contributed by atoms with Crippen LogP contribution in [0.25, 0.3) is 0 Å². The Kier molecular flexibility index (Phi) is 6.39. The lowest BCUT2D eigenvalue weighted by molar-refractivity contribution is -0.192. The van der Waals surface area contributed by atoms with E-state index in [1.807, 2.05) is 16.3 Å². The number of fused-ring (bicyclic) bond motifs is 1. The van der Waals surface area contributed by atoms with Crippen molar-refractivity contribution in [1.82, 2.24) is 19.9 Å². The van der Waals surface area contributed by atoms with Gasteiger partial charge in [0.2, 0.25) is 5.88 Å². The number of carboxylic acid groups (broad SMARTS) is 1. The lowest BCUT2D eigenvalue weighted by Crippen LogP contribution is -2.40. The topological polar surface area (TPSA) is 109 Å². The highest BCUT2D eigenvalue weighted by molar-refractivity contribution is 7.07. The summed E-state index contributed by atoms with van der Waals surface area (Å²) in [6.07, 6.45) is -1.66. The number of hydrogen-bond acceptors (Lipinski definition) is 8. The molecule has 9 nitrogen and oxygen atoms in total. The largest absolute Gasteiger partial charge is 0.490 e. The summed E-state index contributed by atoms with van der Waals surface area (Å²) >= 11 is 1.45. The summed E-state index contributed by atoms with van der Waals surface area (Å²) in [5.41, 5.74) is 2.26. The van der Waals surface area contributed by atoms with Crippen LogP contribution in [0, 0.1) is 0 Å². The Bertz CT molecular complexity index is 896. The van der Waals surface area contributed by atoms with Crippen molar-refractivity contribution >= 4 is 29.0 Å². The van der Waals surface area contributed by atoms with Crippen LogP contribution in [-0.2, 0) is 4.79 Å². The zero-order valence-electron chi connectivity index (χ0n) is 15.7. The first-order chi connectivity index (χ1) is 14.2. The van der Waals surface area contributed by atoms with E-state index in [0.29, 0.717) is 17.6 Å². The highest BCUT2D eigenvalue weighted by Crippen LogP contribution is 2.35. The number of thiazole rings is 1. The number of anilines is 1. The number of carboxylic acids is 1. The van der Waals surface area contributed by atoms with Crippen LogP contribution in [0.1, 0.15) is 23.3 Å². The van der Waals surface area contributed by atoms with E-state index >= 15 is 0 Å². The number of aromatic nitrogens is 3. The minimum atomic E-state index is -5.08. The van der Waals surface area contributed by atoms with Crippen LogP contribution in [0.5, 0.6) is 5.88 Å². The molecule has 2 aliphatic heterocycles. The van der Waals surface area contributed by atoms with Gasteiger partial charge < -0.3 is 19.6 Å². The number of methoxy groups -OCH3 is 1. The maximum absolute atomic E-state index is 12.6. The molecule has 2 aliphatic rings. The van der Waals surface area contributed by atoms with Crippen LogP contribution in [0.2, 0.25) is 0 Å². The molecule has 4 heterocycles. The predicted molar refractivity (Wildman–Crippen MR) is 99.6 cm³/mol. The minimum Gasteiger partial charge on any atom is -0.481 e. The normalized spacial score (nSPS) is 20.4. The van der Waals surface area contributed by atoms with E-state index in [-0.39, 0.29) is 11.9 Å². The predicted octanol–water partition coefficient (Wildman–Crippen LogP) is 2.07. The Morgan fingerprint density at radius 3 is 2.50 bits per heavy atom. The Morgan fingerprint density at radius 1 is 1.20 bits per heavy atom. The van der Waals surface area contributed by atoms with Gasteiger partial charge in [-0.2, -0.15) is 13.2 Å². The molecule has 0 spiro atoms. The van der Waals surface area contributed by atoms with Crippen LogP contribution in [0.3, 0.4) is 0 Å². The Hall–Kier alpha value is -2.96. The number of amides is 1. The molecule has 0 bridgehead atoms. The molecule has 13 heteroatoms. The van der Waals surface area contributed by atoms with E-state index < -0.39 is 12.1 Å². The maximum atomic E-state index is 12.6. The third-order valence-corrected chi connectivity index (χ3v) is 5.45. The first-order valence-corrected chi connectivity index (χ1v) is 9.78. The number of hydrogen-bond donors (Lipinski definition) is 1. The number of ether oxygens (including phenoxy) is 1. The molecule has 1 amide bonds. The van der Waals surface area contributed by atoms with Crippen LogP contribution in [0.4, 0.5) is 19.0 Å². The number of carbonyl (C=O) groups is 2. The fourth-order valence-electron chi connectivity index (χ4n) is 3.59. The molecule has 0 aromatic carbocycles. The van der Waals surface area contributed by atoms with Gasteiger partial charge in [0.25, 0.3) is 5.91 Å². The third kappa shape index (κ3) is 4.61. The van der Waals surface area contributed by atoms with Crippen molar-refractivity contribution in [2.75, 3.05) is 25.1 Å². The third-order valence-electron chi connectivity index (χ3n) is 4.86. The fraction of sp³-hybridized carbons (Fsp3) is 0.471. The molecule has 2 atom stereocenters. The Morgan fingerprint density at radius 2 is 1.90 bits per heavy atom. The molecule has 1 N–H and O–H groups in total.